The Hall–Kier alpha value is -2.22. The number of rotatable bonds is 4. The minimum Gasteiger partial charge on any atom is -0.369 e. The van der Waals surface area contributed by atoms with E-state index in [0.29, 0.717) is 0 Å². The zero-order valence-corrected chi connectivity index (χ0v) is 15.6. The Kier molecular flexibility index (Phi) is 5.70. The molecule has 0 saturated carbocycles. The van der Waals surface area contributed by atoms with Crippen molar-refractivity contribution in [3.63, 3.8) is 0 Å². The summed E-state index contributed by atoms with van der Waals surface area (Å²) in [5.74, 6) is 0.984. The molecule has 3 rings (SSSR count). The van der Waals surface area contributed by atoms with E-state index in [0.717, 1.165) is 69.2 Å². The highest BCUT2D eigenvalue weighted by atomic mass is 16.2. The highest BCUT2D eigenvalue weighted by molar-refractivity contribution is 5.79. The van der Waals surface area contributed by atoms with Gasteiger partial charge in [-0.2, -0.15) is 0 Å². The van der Waals surface area contributed by atoms with Gasteiger partial charge in [-0.1, -0.05) is 0 Å². The summed E-state index contributed by atoms with van der Waals surface area (Å²) in [6.45, 7) is 8.89. The van der Waals surface area contributed by atoms with Crippen molar-refractivity contribution in [1.82, 2.24) is 19.8 Å². The minimum atomic E-state index is -0.304. The maximum atomic E-state index is 12.8. The van der Waals surface area contributed by atoms with Crippen LogP contribution in [0.5, 0.6) is 0 Å². The predicted molar refractivity (Wildman–Crippen MR) is 98.7 cm³/mol. The summed E-state index contributed by atoms with van der Waals surface area (Å²) >= 11 is 0. The molecule has 3 heterocycles. The van der Waals surface area contributed by atoms with E-state index >= 15 is 0 Å². The lowest BCUT2D eigenvalue weighted by molar-refractivity contribution is -0.137. The van der Waals surface area contributed by atoms with Gasteiger partial charge in [-0.25, -0.2) is 9.97 Å². The van der Waals surface area contributed by atoms with E-state index in [1.165, 1.54) is 0 Å². The van der Waals surface area contributed by atoms with Crippen LogP contribution in [-0.4, -0.2) is 77.4 Å². The van der Waals surface area contributed by atoms with Crippen molar-refractivity contribution in [1.29, 1.82) is 0 Å². The molecular weight excluding hydrogens is 332 g/mol. The lowest BCUT2D eigenvalue weighted by Crippen LogP contribution is -2.52. The fourth-order valence-corrected chi connectivity index (χ4v) is 3.80. The Labute approximate surface area is 154 Å². The molecule has 0 aliphatic carbocycles. The Morgan fingerprint density at radius 2 is 1.73 bits per heavy atom. The van der Waals surface area contributed by atoms with Crippen LogP contribution in [0.1, 0.15) is 24.1 Å². The van der Waals surface area contributed by atoms with E-state index in [2.05, 4.69) is 14.9 Å². The van der Waals surface area contributed by atoms with Gasteiger partial charge in [0, 0.05) is 43.4 Å². The lowest BCUT2D eigenvalue weighted by Gasteiger charge is -2.39. The maximum Gasteiger partial charge on any atom is 0.231 e. The van der Waals surface area contributed by atoms with E-state index in [1.807, 2.05) is 23.6 Å². The summed E-state index contributed by atoms with van der Waals surface area (Å²) in [4.78, 5) is 38.7. The van der Waals surface area contributed by atoms with Crippen LogP contribution >= 0.6 is 0 Å². The van der Waals surface area contributed by atoms with Crippen molar-refractivity contribution in [3.8, 4) is 0 Å². The number of nitrogens with two attached hydrogens (primary N) is 1. The molecule has 2 aliphatic rings. The number of piperidine rings is 1. The van der Waals surface area contributed by atoms with Gasteiger partial charge >= 0.3 is 0 Å². The van der Waals surface area contributed by atoms with Crippen molar-refractivity contribution >= 4 is 17.6 Å². The highest BCUT2D eigenvalue weighted by Gasteiger charge is 2.31. The number of carbonyl (C=O) groups is 2. The molecule has 0 aromatic carbocycles. The Bertz CT molecular complexity index is 664. The number of likely N-dealkylation sites (tertiary alicyclic amines) is 1. The number of primary amides is 1. The van der Waals surface area contributed by atoms with Gasteiger partial charge in [0.15, 0.2) is 0 Å². The molecular formula is C18H28N6O2. The van der Waals surface area contributed by atoms with Gasteiger partial charge in [-0.05, 0) is 39.8 Å². The van der Waals surface area contributed by atoms with Crippen LogP contribution in [0.15, 0.2) is 6.33 Å². The number of aromatic nitrogens is 2. The van der Waals surface area contributed by atoms with Gasteiger partial charge in [0.05, 0.1) is 6.54 Å². The van der Waals surface area contributed by atoms with Gasteiger partial charge < -0.3 is 15.5 Å². The fourth-order valence-electron chi connectivity index (χ4n) is 3.80. The number of piperazine rings is 1. The van der Waals surface area contributed by atoms with Gasteiger partial charge in [-0.15, -0.1) is 0 Å². The maximum absolute atomic E-state index is 12.8. The average molecular weight is 360 g/mol. The zero-order valence-electron chi connectivity index (χ0n) is 15.6. The molecule has 142 valence electrons. The molecule has 8 heteroatoms. The van der Waals surface area contributed by atoms with Crippen LogP contribution in [0, 0.1) is 19.8 Å². The summed E-state index contributed by atoms with van der Waals surface area (Å²) in [5.41, 5.74) is 7.35. The molecule has 0 atom stereocenters. The second kappa shape index (κ2) is 7.99. The molecule has 1 aromatic rings. The third kappa shape index (κ3) is 4.12. The number of hydrogen-bond donors (Lipinski definition) is 1. The fraction of sp³-hybridized carbons (Fsp3) is 0.667. The van der Waals surface area contributed by atoms with E-state index in [4.69, 9.17) is 5.73 Å². The SMILES string of the molecule is Cc1ncnc(N2CCN(C(=O)C3CCN(CC(N)=O)CC3)CC2)c1C. The standard InChI is InChI=1S/C18H28N6O2/c1-13-14(2)20-12-21-17(13)23-7-9-24(10-8-23)18(26)15-3-5-22(6-4-15)11-16(19)25/h12,15H,3-11H2,1-2H3,(H2,19,25). The number of hydrogen-bond acceptors (Lipinski definition) is 6. The first-order chi connectivity index (χ1) is 12.5. The van der Waals surface area contributed by atoms with Crippen LogP contribution < -0.4 is 10.6 Å². The smallest absolute Gasteiger partial charge is 0.231 e. The largest absolute Gasteiger partial charge is 0.369 e. The van der Waals surface area contributed by atoms with Crippen LogP contribution in [0.3, 0.4) is 0 Å². The molecule has 0 unspecified atom stereocenters. The van der Waals surface area contributed by atoms with Crippen molar-refractivity contribution in [3.05, 3.63) is 17.6 Å². The second-order valence-corrected chi connectivity index (χ2v) is 7.24. The number of aryl methyl sites for hydroxylation is 1. The second-order valence-electron chi connectivity index (χ2n) is 7.24. The molecule has 2 N–H and O–H groups in total. The number of nitrogens with zero attached hydrogens (tertiary/aromatic N) is 5. The molecule has 2 saturated heterocycles. The first-order valence-corrected chi connectivity index (χ1v) is 9.28. The summed E-state index contributed by atoms with van der Waals surface area (Å²) in [7, 11) is 0. The summed E-state index contributed by atoms with van der Waals surface area (Å²) in [5, 5.41) is 0. The van der Waals surface area contributed by atoms with Crippen LogP contribution in [0.25, 0.3) is 0 Å². The van der Waals surface area contributed by atoms with Gasteiger partial charge in [0.1, 0.15) is 12.1 Å². The lowest BCUT2D eigenvalue weighted by atomic mass is 9.95. The van der Waals surface area contributed by atoms with Crippen LogP contribution in [0.2, 0.25) is 0 Å². The molecule has 2 fully saturated rings. The normalized spacial score (nSPS) is 19.6. The van der Waals surface area contributed by atoms with E-state index < -0.39 is 0 Å². The average Bonchev–Trinajstić information content (AvgIpc) is 2.64. The number of carbonyl (C=O) groups excluding carboxylic acids is 2. The summed E-state index contributed by atoms with van der Waals surface area (Å²) in [6, 6.07) is 0. The van der Waals surface area contributed by atoms with Gasteiger partial charge in [0.2, 0.25) is 11.8 Å². The first kappa shape index (κ1) is 18.6. The van der Waals surface area contributed by atoms with Crippen molar-refractivity contribution in [2.45, 2.75) is 26.7 Å². The third-order valence-corrected chi connectivity index (χ3v) is 5.52. The monoisotopic (exact) mass is 360 g/mol. The molecule has 1 aromatic heterocycles. The molecule has 0 bridgehead atoms. The van der Waals surface area contributed by atoms with Crippen LogP contribution in [-0.2, 0) is 9.59 Å². The first-order valence-electron chi connectivity index (χ1n) is 9.28. The topological polar surface area (TPSA) is 95.7 Å². The van der Waals surface area contributed by atoms with Crippen molar-refractivity contribution < 1.29 is 9.59 Å². The molecule has 2 aliphatic heterocycles. The molecule has 26 heavy (non-hydrogen) atoms. The molecule has 8 nitrogen and oxygen atoms in total. The predicted octanol–water partition coefficient (Wildman–Crippen LogP) is -0.0607. The van der Waals surface area contributed by atoms with Gasteiger partial charge in [0.25, 0.3) is 0 Å². The molecule has 0 radical (unpaired) electrons. The quantitative estimate of drug-likeness (QED) is 0.808. The van der Waals surface area contributed by atoms with E-state index in [1.54, 1.807) is 6.33 Å². The summed E-state index contributed by atoms with van der Waals surface area (Å²) < 4.78 is 0. The third-order valence-electron chi connectivity index (χ3n) is 5.52. The Balaban J connectivity index is 1.51. The highest BCUT2D eigenvalue weighted by Crippen LogP contribution is 2.23. The zero-order chi connectivity index (χ0) is 18.7. The molecule has 2 amide bonds. The number of amides is 2. The Morgan fingerprint density at radius 1 is 1.08 bits per heavy atom. The van der Waals surface area contributed by atoms with Crippen molar-refractivity contribution in [2.24, 2.45) is 11.7 Å². The molecule has 0 spiro atoms. The number of anilines is 1. The summed E-state index contributed by atoms with van der Waals surface area (Å²) in [6.07, 6.45) is 3.21. The minimum absolute atomic E-state index is 0.0636. The Morgan fingerprint density at radius 3 is 2.35 bits per heavy atom. The van der Waals surface area contributed by atoms with Crippen LogP contribution in [0.4, 0.5) is 5.82 Å². The van der Waals surface area contributed by atoms with E-state index in [-0.39, 0.29) is 24.3 Å². The van der Waals surface area contributed by atoms with Gasteiger partial charge in [-0.3, -0.25) is 14.5 Å². The van der Waals surface area contributed by atoms with E-state index in [9.17, 15) is 9.59 Å². The van der Waals surface area contributed by atoms with Crippen molar-refractivity contribution in [2.75, 3.05) is 50.7 Å².